The van der Waals surface area contributed by atoms with Gasteiger partial charge in [-0.05, 0) is 25.3 Å². The van der Waals surface area contributed by atoms with E-state index in [0.717, 1.165) is 18.2 Å². The van der Waals surface area contributed by atoms with Gasteiger partial charge in [0.05, 0.1) is 0 Å². The second kappa shape index (κ2) is 5.30. The lowest BCUT2D eigenvalue weighted by Gasteiger charge is -2.07. The summed E-state index contributed by atoms with van der Waals surface area (Å²) in [7, 11) is 0. The van der Waals surface area contributed by atoms with Crippen molar-refractivity contribution in [3.05, 3.63) is 28.0 Å². The molecule has 0 aliphatic carbocycles. The second-order valence-electron chi connectivity index (χ2n) is 3.87. The summed E-state index contributed by atoms with van der Waals surface area (Å²) in [5.74, 6) is 2.29. The number of Topliss-reactive ketones (excluding diaryl/α,β-unsaturated/α-hetero) is 1. The molecular formula is C12H15N3O2S. The van der Waals surface area contributed by atoms with Crippen molar-refractivity contribution in [3.8, 4) is 5.75 Å². The van der Waals surface area contributed by atoms with Crippen LogP contribution in [0.3, 0.4) is 0 Å². The number of rotatable bonds is 5. The molecular weight excluding hydrogens is 250 g/mol. The number of aryl methyl sites for hydroxylation is 1. The minimum Gasteiger partial charge on any atom is -0.484 e. The average Bonchev–Trinajstić information content (AvgIpc) is 2.92. The number of aromatic nitrogens is 3. The zero-order chi connectivity index (χ0) is 13.1. The van der Waals surface area contributed by atoms with Crippen molar-refractivity contribution in [1.82, 2.24) is 14.8 Å². The van der Waals surface area contributed by atoms with Crippen LogP contribution in [0, 0.1) is 6.92 Å². The lowest BCUT2D eigenvalue weighted by atomic mass is 10.3. The predicted octanol–water partition coefficient (Wildman–Crippen LogP) is 2.45. The molecule has 0 aliphatic heterocycles. The number of hydrogen-bond acceptors (Lipinski definition) is 5. The van der Waals surface area contributed by atoms with Gasteiger partial charge in [-0.15, -0.1) is 21.5 Å². The lowest BCUT2D eigenvalue weighted by Crippen LogP contribution is -2.07. The zero-order valence-corrected chi connectivity index (χ0v) is 11.5. The van der Waals surface area contributed by atoms with E-state index in [1.165, 1.54) is 18.3 Å². The van der Waals surface area contributed by atoms with Gasteiger partial charge in [0.15, 0.2) is 11.6 Å². The van der Waals surface area contributed by atoms with Gasteiger partial charge in [0, 0.05) is 13.5 Å². The Labute approximate surface area is 109 Å². The largest absolute Gasteiger partial charge is 0.484 e. The molecule has 0 spiro atoms. The number of carbonyl (C=O) groups is 1. The van der Waals surface area contributed by atoms with Crippen molar-refractivity contribution in [2.24, 2.45) is 0 Å². The van der Waals surface area contributed by atoms with E-state index >= 15 is 0 Å². The highest BCUT2D eigenvalue weighted by molar-refractivity contribution is 7.12. The maximum Gasteiger partial charge on any atom is 0.173 e. The molecule has 96 valence electrons. The van der Waals surface area contributed by atoms with Gasteiger partial charge in [-0.2, -0.15) is 0 Å². The number of ether oxygens (including phenoxy) is 1. The number of ketones is 1. The third kappa shape index (κ3) is 2.43. The molecule has 0 aromatic carbocycles. The first kappa shape index (κ1) is 12.8. The van der Waals surface area contributed by atoms with E-state index < -0.39 is 0 Å². The van der Waals surface area contributed by atoms with Crippen molar-refractivity contribution in [2.45, 2.75) is 33.9 Å². The van der Waals surface area contributed by atoms with Gasteiger partial charge in [0.2, 0.25) is 0 Å². The first-order valence-electron chi connectivity index (χ1n) is 5.73. The fraction of sp³-hybridized carbons (Fsp3) is 0.417. The molecule has 0 amide bonds. The van der Waals surface area contributed by atoms with Crippen LogP contribution in [0.25, 0.3) is 0 Å². The van der Waals surface area contributed by atoms with Crippen LogP contribution < -0.4 is 4.74 Å². The second-order valence-corrected chi connectivity index (χ2v) is 4.78. The highest BCUT2D eigenvalue weighted by Crippen LogP contribution is 2.25. The fourth-order valence-corrected chi connectivity index (χ4v) is 2.49. The van der Waals surface area contributed by atoms with Crippen molar-refractivity contribution < 1.29 is 9.53 Å². The molecule has 0 fully saturated rings. The summed E-state index contributed by atoms with van der Waals surface area (Å²) in [6, 6.07) is 1.81. The standard InChI is InChI=1S/C12H15N3O2S/c1-4-15-9(3)13-14-11(15)7-17-10-5-6-18-12(10)8(2)16/h5-6H,4,7H2,1-3H3. The summed E-state index contributed by atoms with van der Waals surface area (Å²) >= 11 is 1.39. The lowest BCUT2D eigenvalue weighted by molar-refractivity contribution is 0.101. The van der Waals surface area contributed by atoms with E-state index in [1.54, 1.807) is 6.07 Å². The Morgan fingerprint density at radius 2 is 2.28 bits per heavy atom. The monoisotopic (exact) mass is 265 g/mol. The molecule has 0 radical (unpaired) electrons. The molecule has 0 N–H and O–H groups in total. The first-order chi connectivity index (χ1) is 8.63. The molecule has 0 unspecified atom stereocenters. The summed E-state index contributed by atoms with van der Waals surface area (Å²) in [6.45, 7) is 6.61. The Bertz CT molecular complexity index is 559. The summed E-state index contributed by atoms with van der Waals surface area (Å²) in [5.41, 5.74) is 0. The van der Waals surface area contributed by atoms with Crippen LogP contribution in [-0.2, 0) is 13.2 Å². The number of carbonyl (C=O) groups excluding carboxylic acids is 1. The van der Waals surface area contributed by atoms with E-state index in [-0.39, 0.29) is 5.78 Å². The van der Waals surface area contributed by atoms with Crippen LogP contribution in [-0.4, -0.2) is 20.5 Å². The summed E-state index contributed by atoms with van der Waals surface area (Å²) in [4.78, 5) is 12.0. The van der Waals surface area contributed by atoms with E-state index in [4.69, 9.17) is 4.74 Å². The molecule has 2 aromatic rings. The Balaban J connectivity index is 2.11. The molecule has 2 aromatic heterocycles. The molecule has 0 saturated heterocycles. The van der Waals surface area contributed by atoms with Gasteiger partial charge in [-0.1, -0.05) is 0 Å². The van der Waals surface area contributed by atoms with Crippen LogP contribution in [0.4, 0.5) is 0 Å². The minimum absolute atomic E-state index is 0.0214. The van der Waals surface area contributed by atoms with E-state index in [0.29, 0.717) is 17.2 Å². The van der Waals surface area contributed by atoms with Gasteiger partial charge < -0.3 is 9.30 Å². The highest BCUT2D eigenvalue weighted by atomic mass is 32.1. The van der Waals surface area contributed by atoms with Crippen molar-refractivity contribution in [1.29, 1.82) is 0 Å². The number of hydrogen-bond donors (Lipinski definition) is 0. The number of nitrogens with zero attached hydrogens (tertiary/aromatic N) is 3. The zero-order valence-electron chi connectivity index (χ0n) is 10.6. The Morgan fingerprint density at radius 1 is 1.50 bits per heavy atom. The first-order valence-corrected chi connectivity index (χ1v) is 6.61. The third-order valence-corrected chi connectivity index (χ3v) is 3.63. The predicted molar refractivity (Wildman–Crippen MR) is 69.1 cm³/mol. The molecule has 0 bridgehead atoms. The third-order valence-electron chi connectivity index (χ3n) is 2.63. The van der Waals surface area contributed by atoms with Crippen LogP contribution in [0.15, 0.2) is 11.4 Å². The quantitative estimate of drug-likeness (QED) is 0.779. The van der Waals surface area contributed by atoms with E-state index in [1.807, 2.05) is 23.8 Å². The number of thiophene rings is 1. The molecule has 2 heterocycles. The highest BCUT2D eigenvalue weighted by Gasteiger charge is 2.12. The maximum absolute atomic E-state index is 11.4. The molecule has 0 aliphatic rings. The molecule has 0 atom stereocenters. The Kier molecular flexibility index (Phi) is 3.76. The van der Waals surface area contributed by atoms with Gasteiger partial charge in [0.1, 0.15) is 23.1 Å². The average molecular weight is 265 g/mol. The molecule has 5 nitrogen and oxygen atoms in total. The normalized spacial score (nSPS) is 10.6. The topological polar surface area (TPSA) is 57.0 Å². The van der Waals surface area contributed by atoms with Crippen LogP contribution in [0.2, 0.25) is 0 Å². The Hall–Kier alpha value is -1.69. The van der Waals surface area contributed by atoms with Gasteiger partial charge >= 0.3 is 0 Å². The van der Waals surface area contributed by atoms with Crippen LogP contribution in [0.1, 0.15) is 35.2 Å². The van der Waals surface area contributed by atoms with Gasteiger partial charge in [-0.25, -0.2) is 0 Å². The molecule has 6 heteroatoms. The van der Waals surface area contributed by atoms with Crippen LogP contribution in [0.5, 0.6) is 5.75 Å². The summed E-state index contributed by atoms with van der Waals surface area (Å²) in [5, 5.41) is 9.93. The van der Waals surface area contributed by atoms with Gasteiger partial charge in [0.25, 0.3) is 0 Å². The maximum atomic E-state index is 11.4. The molecule has 2 rings (SSSR count). The van der Waals surface area contributed by atoms with Crippen LogP contribution >= 0.6 is 11.3 Å². The molecule has 18 heavy (non-hydrogen) atoms. The Morgan fingerprint density at radius 3 is 2.94 bits per heavy atom. The fourth-order valence-electron chi connectivity index (χ4n) is 1.75. The van der Waals surface area contributed by atoms with Crippen molar-refractivity contribution in [3.63, 3.8) is 0 Å². The minimum atomic E-state index is 0.0214. The van der Waals surface area contributed by atoms with E-state index in [2.05, 4.69) is 10.2 Å². The van der Waals surface area contributed by atoms with Crippen molar-refractivity contribution in [2.75, 3.05) is 0 Å². The SMILES string of the molecule is CCn1c(C)nnc1COc1ccsc1C(C)=O. The summed E-state index contributed by atoms with van der Waals surface area (Å²) < 4.78 is 7.63. The smallest absolute Gasteiger partial charge is 0.173 e. The molecule has 0 saturated carbocycles. The van der Waals surface area contributed by atoms with E-state index in [9.17, 15) is 4.79 Å². The summed E-state index contributed by atoms with van der Waals surface area (Å²) in [6.07, 6.45) is 0. The van der Waals surface area contributed by atoms with Gasteiger partial charge in [-0.3, -0.25) is 4.79 Å². The van der Waals surface area contributed by atoms with Crippen molar-refractivity contribution >= 4 is 17.1 Å².